The quantitative estimate of drug-likeness (QED) is 0.193. The monoisotopic (exact) mass is 476 g/mol. The number of carbonyl (C=O) groups excluding carboxylic acids is 3. The third-order valence-electron chi connectivity index (χ3n) is 6.69. The molecule has 1 aliphatic rings. The number of ether oxygens (including phenoxy) is 1. The van der Waals surface area contributed by atoms with E-state index in [1.54, 1.807) is 13.0 Å². The van der Waals surface area contributed by atoms with Gasteiger partial charge in [0.1, 0.15) is 6.61 Å². The smallest absolute Gasteiger partial charge is 0.306 e. The summed E-state index contributed by atoms with van der Waals surface area (Å²) in [5.74, 6) is -5.08. The normalized spacial score (nSPS) is 18.8. The zero-order valence-electron chi connectivity index (χ0n) is 20.4. The van der Waals surface area contributed by atoms with Crippen molar-refractivity contribution in [2.24, 2.45) is 17.8 Å². The van der Waals surface area contributed by atoms with E-state index in [4.69, 9.17) is 4.74 Å². The fourth-order valence-corrected chi connectivity index (χ4v) is 4.31. The van der Waals surface area contributed by atoms with E-state index in [-0.39, 0.29) is 49.0 Å². The molecule has 1 aliphatic carbocycles. The second-order valence-electron chi connectivity index (χ2n) is 9.51. The Balaban J connectivity index is 1.62. The van der Waals surface area contributed by atoms with E-state index in [0.29, 0.717) is 19.3 Å². The lowest BCUT2D eigenvalue weighted by molar-refractivity contribution is -0.146. The highest BCUT2D eigenvalue weighted by Crippen LogP contribution is 2.33. The summed E-state index contributed by atoms with van der Waals surface area (Å²) >= 11 is 0. The molecular formula is C28H38F2O4. The van der Waals surface area contributed by atoms with E-state index in [9.17, 15) is 23.2 Å². The summed E-state index contributed by atoms with van der Waals surface area (Å²) in [4.78, 5) is 36.2. The third-order valence-corrected chi connectivity index (χ3v) is 6.69. The number of unbranched alkanes of at least 4 members (excludes halogenated alkanes) is 3. The van der Waals surface area contributed by atoms with Gasteiger partial charge in [0.05, 0.1) is 0 Å². The van der Waals surface area contributed by atoms with Crippen molar-refractivity contribution in [1.29, 1.82) is 0 Å². The van der Waals surface area contributed by atoms with E-state index in [0.717, 1.165) is 31.2 Å². The fourth-order valence-electron chi connectivity index (χ4n) is 4.31. The van der Waals surface area contributed by atoms with Gasteiger partial charge in [-0.3, -0.25) is 14.4 Å². The predicted molar refractivity (Wildman–Crippen MR) is 128 cm³/mol. The van der Waals surface area contributed by atoms with E-state index < -0.39 is 18.1 Å². The number of allylic oxidation sites excluding steroid dienone is 2. The first kappa shape index (κ1) is 27.9. The van der Waals surface area contributed by atoms with Crippen molar-refractivity contribution >= 4 is 17.5 Å². The van der Waals surface area contributed by atoms with Crippen LogP contribution in [-0.4, -0.2) is 23.5 Å². The molecule has 0 fully saturated rings. The summed E-state index contributed by atoms with van der Waals surface area (Å²) in [5.41, 5.74) is 0.959. The number of hydrogen-bond acceptors (Lipinski definition) is 4. The Morgan fingerprint density at radius 2 is 1.74 bits per heavy atom. The fraction of sp³-hybridized carbons (Fsp3) is 0.607. The Labute approximate surface area is 202 Å². The van der Waals surface area contributed by atoms with Crippen molar-refractivity contribution < 1.29 is 27.9 Å². The molecule has 3 atom stereocenters. The standard InChI is InChI=1S/C28H38F2O4/c1-3-21(2)19-28(29,30)26(32)18-16-23-15-17-25(31)24(23)13-9-4-5-10-14-27(33)34-20-22-11-7-6-8-12-22/h6-8,11-12,15,17,21,23-24H,3-5,9-10,13-14,16,18-20H2,1-2H3/t21-,23+,24+/m0/s1. The molecule has 6 heteroatoms. The van der Waals surface area contributed by atoms with Gasteiger partial charge in [0.15, 0.2) is 5.78 Å². The first-order valence-corrected chi connectivity index (χ1v) is 12.6. The van der Waals surface area contributed by atoms with Gasteiger partial charge < -0.3 is 4.74 Å². The first-order chi connectivity index (χ1) is 16.2. The van der Waals surface area contributed by atoms with Crippen molar-refractivity contribution in [2.45, 2.75) is 90.6 Å². The summed E-state index contributed by atoms with van der Waals surface area (Å²) in [6.45, 7) is 3.84. The maximum Gasteiger partial charge on any atom is 0.306 e. The van der Waals surface area contributed by atoms with Crippen LogP contribution in [0.25, 0.3) is 0 Å². The molecule has 0 heterocycles. The number of hydrogen-bond donors (Lipinski definition) is 0. The largest absolute Gasteiger partial charge is 0.461 e. The van der Waals surface area contributed by atoms with Gasteiger partial charge in [-0.15, -0.1) is 0 Å². The Kier molecular flexibility index (Phi) is 11.6. The van der Waals surface area contributed by atoms with Crippen LogP contribution in [0.1, 0.15) is 83.6 Å². The number of alkyl halides is 2. The number of carbonyl (C=O) groups is 3. The van der Waals surface area contributed by atoms with E-state index >= 15 is 0 Å². The number of benzene rings is 1. The molecule has 1 aromatic carbocycles. The summed E-state index contributed by atoms with van der Waals surface area (Å²) in [7, 11) is 0. The molecule has 4 nitrogen and oxygen atoms in total. The Morgan fingerprint density at radius 1 is 1.03 bits per heavy atom. The molecule has 0 saturated heterocycles. The van der Waals surface area contributed by atoms with Crippen LogP contribution in [0.15, 0.2) is 42.5 Å². The number of rotatable bonds is 16. The van der Waals surface area contributed by atoms with Crippen molar-refractivity contribution in [3.8, 4) is 0 Å². The molecule has 1 aromatic rings. The molecule has 0 radical (unpaired) electrons. The van der Waals surface area contributed by atoms with Gasteiger partial charge in [0.25, 0.3) is 0 Å². The van der Waals surface area contributed by atoms with Crippen molar-refractivity contribution in [2.75, 3.05) is 0 Å². The zero-order valence-corrected chi connectivity index (χ0v) is 20.4. The van der Waals surface area contributed by atoms with Crippen molar-refractivity contribution in [3.63, 3.8) is 0 Å². The third kappa shape index (κ3) is 9.47. The maximum atomic E-state index is 14.1. The highest BCUT2D eigenvalue weighted by Gasteiger charge is 2.40. The van der Waals surface area contributed by atoms with Crippen LogP contribution in [0.3, 0.4) is 0 Å². The minimum Gasteiger partial charge on any atom is -0.461 e. The van der Waals surface area contributed by atoms with Crippen molar-refractivity contribution in [3.05, 3.63) is 48.0 Å². The lowest BCUT2D eigenvalue weighted by atomic mass is 9.85. The number of esters is 1. The Morgan fingerprint density at radius 3 is 2.44 bits per heavy atom. The van der Waals surface area contributed by atoms with E-state index in [1.807, 2.05) is 37.3 Å². The summed E-state index contributed by atoms with van der Waals surface area (Å²) in [5, 5.41) is 0. The molecule has 0 spiro atoms. The maximum absolute atomic E-state index is 14.1. The Hall–Kier alpha value is -2.37. The van der Waals surface area contributed by atoms with Crippen LogP contribution in [0, 0.1) is 17.8 Å². The lowest BCUT2D eigenvalue weighted by Gasteiger charge is -2.21. The summed E-state index contributed by atoms with van der Waals surface area (Å²) in [6, 6.07) is 9.54. The molecule has 0 aliphatic heterocycles. The van der Waals surface area contributed by atoms with Crippen LogP contribution < -0.4 is 0 Å². The van der Waals surface area contributed by atoms with Crippen LogP contribution in [0.4, 0.5) is 8.78 Å². The topological polar surface area (TPSA) is 60.4 Å². The van der Waals surface area contributed by atoms with Crippen LogP contribution in [0.2, 0.25) is 0 Å². The average Bonchev–Trinajstić information content (AvgIpc) is 3.17. The number of halogens is 2. The molecule has 188 valence electrons. The number of ketones is 2. The molecule has 2 rings (SSSR count). The minimum absolute atomic E-state index is 0.0216. The van der Waals surface area contributed by atoms with Crippen LogP contribution in [-0.2, 0) is 25.7 Å². The Bertz CT molecular complexity index is 819. The van der Waals surface area contributed by atoms with Gasteiger partial charge in [0, 0.05) is 25.2 Å². The average molecular weight is 477 g/mol. The molecular weight excluding hydrogens is 438 g/mol. The van der Waals surface area contributed by atoms with Gasteiger partial charge in [-0.1, -0.05) is 75.9 Å². The summed E-state index contributed by atoms with van der Waals surface area (Å²) in [6.07, 6.45) is 7.93. The van der Waals surface area contributed by atoms with Gasteiger partial charge >= 0.3 is 11.9 Å². The van der Waals surface area contributed by atoms with Crippen molar-refractivity contribution in [1.82, 2.24) is 0 Å². The van der Waals surface area contributed by atoms with Gasteiger partial charge in [0.2, 0.25) is 5.78 Å². The second-order valence-corrected chi connectivity index (χ2v) is 9.51. The molecule has 0 unspecified atom stereocenters. The highest BCUT2D eigenvalue weighted by atomic mass is 19.3. The molecule has 0 saturated carbocycles. The highest BCUT2D eigenvalue weighted by molar-refractivity contribution is 5.94. The SMILES string of the molecule is CC[C@H](C)CC(F)(F)C(=O)CC[C@H]1C=CC(=O)[C@@H]1CCCCCCC(=O)OCc1ccccc1. The van der Waals surface area contributed by atoms with Gasteiger partial charge in [-0.2, -0.15) is 8.78 Å². The molecule has 34 heavy (non-hydrogen) atoms. The van der Waals surface area contributed by atoms with E-state index in [1.165, 1.54) is 6.08 Å². The van der Waals surface area contributed by atoms with E-state index in [2.05, 4.69) is 0 Å². The predicted octanol–water partition coefficient (Wildman–Crippen LogP) is 6.86. The van der Waals surface area contributed by atoms with Crippen LogP contribution in [0.5, 0.6) is 0 Å². The second kappa shape index (κ2) is 14.1. The molecule has 0 bridgehead atoms. The summed E-state index contributed by atoms with van der Waals surface area (Å²) < 4.78 is 33.6. The zero-order chi connectivity index (χ0) is 25.0. The molecule has 0 aromatic heterocycles. The number of Topliss-reactive ketones (excluding diaryl/α,β-unsaturated/α-hetero) is 1. The van der Waals surface area contributed by atoms with Gasteiger partial charge in [-0.25, -0.2) is 0 Å². The van der Waals surface area contributed by atoms with Gasteiger partial charge in [-0.05, 0) is 42.7 Å². The lowest BCUT2D eigenvalue weighted by Crippen LogP contribution is -2.31. The van der Waals surface area contributed by atoms with Crippen LogP contribution >= 0.6 is 0 Å². The molecule has 0 N–H and O–H groups in total. The minimum atomic E-state index is -3.29. The molecule has 0 amide bonds. The first-order valence-electron chi connectivity index (χ1n) is 12.6.